The van der Waals surface area contributed by atoms with Crippen molar-refractivity contribution < 1.29 is 4.79 Å². The van der Waals surface area contributed by atoms with E-state index in [1.807, 2.05) is 5.38 Å². The molecular formula is C12H18N2OS. The summed E-state index contributed by atoms with van der Waals surface area (Å²) in [6.07, 6.45) is 3.31. The molecule has 1 atom stereocenters. The van der Waals surface area contributed by atoms with Crippen molar-refractivity contribution >= 4 is 22.9 Å². The molecule has 4 heteroatoms. The summed E-state index contributed by atoms with van der Waals surface area (Å²) < 4.78 is 0. The molecule has 16 heavy (non-hydrogen) atoms. The normalized spacial score (nSPS) is 23.2. The number of carbonyl (C=O) groups is 1. The topological polar surface area (TPSA) is 55.1 Å². The second kappa shape index (κ2) is 4.09. The number of nitrogen functional groups attached to an aromatic ring is 1. The third-order valence-electron chi connectivity index (χ3n) is 3.21. The first-order valence-corrected chi connectivity index (χ1v) is 6.50. The zero-order valence-corrected chi connectivity index (χ0v) is 10.6. The van der Waals surface area contributed by atoms with Crippen LogP contribution in [0.2, 0.25) is 0 Å². The second-order valence-electron chi connectivity index (χ2n) is 5.28. The molecule has 1 aromatic heterocycles. The van der Waals surface area contributed by atoms with Gasteiger partial charge in [0.1, 0.15) is 4.88 Å². The average molecular weight is 238 g/mol. The molecule has 88 valence electrons. The fraction of sp³-hybridized carbons (Fsp3) is 0.583. The van der Waals surface area contributed by atoms with E-state index >= 15 is 0 Å². The molecule has 1 saturated carbocycles. The molecule has 1 aliphatic rings. The van der Waals surface area contributed by atoms with Crippen molar-refractivity contribution in [3.8, 4) is 0 Å². The van der Waals surface area contributed by atoms with Crippen molar-refractivity contribution in [2.75, 3.05) is 5.73 Å². The van der Waals surface area contributed by atoms with Gasteiger partial charge in [0.25, 0.3) is 5.91 Å². The van der Waals surface area contributed by atoms with Crippen molar-refractivity contribution in [1.82, 2.24) is 5.32 Å². The minimum atomic E-state index is -0.0183. The highest BCUT2D eigenvalue weighted by molar-refractivity contribution is 7.12. The highest BCUT2D eigenvalue weighted by Crippen LogP contribution is 2.37. The third-order valence-corrected chi connectivity index (χ3v) is 4.13. The average Bonchev–Trinajstić information content (AvgIpc) is 2.72. The van der Waals surface area contributed by atoms with Crippen molar-refractivity contribution in [2.45, 2.75) is 39.2 Å². The summed E-state index contributed by atoms with van der Waals surface area (Å²) in [6, 6.07) is 2.09. The number of thiophene rings is 1. The van der Waals surface area contributed by atoms with E-state index in [0.717, 1.165) is 12.8 Å². The number of rotatable bonds is 2. The van der Waals surface area contributed by atoms with Gasteiger partial charge in [0.15, 0.2) is 0 Å². The molecule has 0 radical (unpaired) electrons. The van der Waals surface area contributed by atoms with Crippen LogP contribution in [0.5, 0.6) is 0 Å². The van der Waals surface area contributed by atoms with Crippen molar-refractivity contribution in [1.29, 1.82) is 0 Å². The maximum absolute atomic E-state index is 11.9. The van der Waals surface area contributed by atoms with Gasteiger partial charge < -0.3 is 11.1 Å². The van der Waals surface area contributed by atoms with E-state index in [9.17, 15) is 4.79 Å². The Labute approximate surface area is 100 Å². The summed E-state index contributed by atoms with van der Waals surface area (Å²) in [4.78, 5) is 12.6. The third kappa shape index (κ3) is 2.38. The number of carbonyl (C=O) groups excluding carboxylic acids is 1. The van der Waals surface area contributed by atoms with Gasteiger partial charge in [-0.25, -0.2) is 0 Å². The van der Waals surface area contributed by atoms with E-state index in [-0.39, 0.29) is 5.91 Å². The zero-order chi connectivity index (χ0) is 11.8. The highest BCUT2D eigenvalue weighted by Gasteiger charge is 2.32. The Morgan fingerprint density at radius 2 is 2.38 bits per heavy atom. The monoisotopic (exact) mass is 238 g/mol. The number of nitrogens with one attached hydrogen (secondary N) is 1. The molecule has 0 saturated heterocycles. The Bertz CT molecular complexity index is 397. The number of hydrogen-bond donors (Lipinski definition) is 2. The predicted molar refractivity (Wildman–Crippen MR) is 67.6 cm³/mol. The lowest BCUT2D eigenvalue weighted by Crippen LogP contribution is -2.33. The predicted octanol–water partition coefficient (Wildman–Crippen LogP) is 2.64. The van der Waals surface area contributed by atoms with Crippen LogP contribution in [0.15, 0.2) is 11.4 Å². The van der Waals surface area contributed by atoms with Crippen LogP contribution in [0, 0.1) is 5.41 Å². The van der Waals surface area contributed by atoms with E-state index in [4.69, 9.17) is 5.73 Å². The molecule has 1 unspecified atom stereocenters. The van der Waals surface area contributed by atoms with E-state index in [2.05, 4.69) is 19.2 Å². The first-order chi connectivity index (χ1) is 7.48. The molecule has 1 aromatic rings. The molecule has 1 amide bonds. The molecule has 1 aliphatic carbocycles. The molecule has 0 aliphatic heterocycles. The number of anilines is 1. The van der Waals surface area contributed by atoms with E-state index in [1.54, 1.807) is 6.07 Å². The summed E-state index contributed by atoms with van der Waals surface area (Å²) >= 11 is 1.40. The van der Waals surface area contributed by atoms with Crippen LogP contribution < -0.4 is 11.1 Å². The van der Waals surface area contributed by atoms with E-state index < -0.39 is 0 Å². The van der Waals surface area contributed by atoms with Crippen molar-refractivity contribution in [2.24, 2.45) is 5.41 Å². The molecule has 1 heterocycles. The van der Waals surface area contributed by atoms with Crippen LogP contribution >= 0.6 is 11.3 Å². The van der Waals surface area contributed by atoms with Gasteiger partial charge in [0.05, 0.1) is 5.69 Å². The van der Waals surface area contributed by atoms with Gasteiger partial charge in [-0.2, -0.15) is 0 Å². The van der Waals surface area contributed by atoms with Gasteiger partial charge >= 0.3 is 0 Å². The largest absolute Gasteiger partial charge is 0.397 e. The number of nitrogens with two attached hydrogens (primary N) is 1. The summed E-state index contributed by atoms with van der Waals surface area (Å²) in [5, 5.41) is 4.92. The van der Waals surface area contributed by atoms with E-state index in [0.29, 0.717) is 22.0 Å². The lowest BCUT2D eigenvalue weighted by atomic mass is 9.92. The fourth-order valence-corrected chi connectivity index (χ4v) is 3.03. The molecule has 0 aromatic carbocycles. The minimum Gasteiger partial charge on any atom is -0.397 e. The van der Waals surface area contributed by atoms with Gasteiger partial charge in [-0.15, -0.1) is 11.3 Å². The van der Waals surface area contributed by atoms with Crippen LogP contribution in [-0.4, -0.2) is 11.9 Å². The fourth-order valence-electron chi connectivity index (χ4n) is 2.31. The molecule has 0 spiro atoms. The van der Waals surface area contributed by atoms with Gasteiger partial charge in [0.2, 0.25) is 0 Å². The highest BCUT2D eigenvalue weighted by atomic mass is 32.1. The van der Waals surface area contributed by atoms with Crippen LogP contribution in [0.25, 0.3) is 0 Å². The van der Waals surface area contributed by atoms with Crippen LogP contribution in [0.3, 0.4) is 0 Å². The van der Waals surface area contributed by atoms with Crippen LogP contribution in [0.4, 0.5) is 5.69 Å². The Morgan fingerprint density at radius 3 is 2.88 bits per heavy atom. The number of amides is 1. The second-order valence-corrected chi connectivity index (χ2v) is 6.20. The van der Waals surface area contributed by atoms with Crippen LogP contribution in [0.1, 0.15) is 42.8 Å². The first kappa shape index (κ1) is 11.5. The van der Waals surface area contributed by atoms with Gasteiger partial charge in [-0.1, -0.05) is 13.8 Å². The Hall–Kier alpha value is -1.03. The van der Waals surface area contributed by atoms with Gasteiger partial charge in [-0.05, 0) is 36.1 Å². The first-order valence-electron chi connectivity index (χ1n) is 5.62. The summed E-state index contributed by atoms with van der Waals surface area (Å²) in [5.41, 5.74) is 6.66. The smallest absolute Gasteiger partial charge is 0.263 e. The molecular weight excluding hydrogens is 220 g/mol. The Morgan fingerprint density at radius 1 is 1.62 bits per heavy atom. The maximum Gasteiger partial charge on any atom is 0.263 e. The Balaban J connectivity index is 1.97. The van der Waals surface area contributed by atoms with Crippen molar-refractivity contribution in [3.63, 3.8) is 0 Å². The van der Waals surface area contributed by atoms with Crippen molar-refractivity contribution in [3.05, 3.63) is 16.3 Å². The standard InChI is InChI=1S/C12H18N2OS/c1-12(2)5-3-8(7-12)14-11(15)10-9(13)4-6-16-10/h4,6,8H,3,5,7,13H2,1-2H3,(H,14,15). The molecule has 0 bridgehead atoms. The molecule has 1 fully saturated rings. The molecule has 3 N–H and O–H groups in total. The molecule has 2 rings (SSSR count). The van der Waals surface area contributed by atoms with E-state index in [1.165, 1.54) is 17.8 Å². The quantitative estimate of drug-likeness (QED) is 0.832. The molecule has 3 nitrogen and oxygen atoms in total. The van der Waals surface area contributed by atoms with Crippen LogP contribution in [-0.2, 0) is 0 Å². The summed E-state index contributed by atoms with van der Waals surface area (Å²) in [6.45, 7) is 4.50. The summed E-state index contributed by atoms with van der Waals surface area (Å²) in [7, 11) is 0. The van der Waals surface area contributed by atoms with Gasteiger partial charge in [0, 0.05) is 6.04 Å². The number of hydrogen-bond acceptors (Lipinski definition) is 3. The zero-order valence-electron chi connectivity index (χ0n) is 9.75. The lowest BCUT2D eigenvalue weighted by molar-refractivity contribution is 0.0941. The summed E-state index contributed by atoms with van der Waals surface area (Å²) in [5.74, 6) is -0.0183. The SMILES string of the molecule is CC1(C)CCC(NC(=O)c2sccc2N)C1. The van der Waals surface area contributed by atoms with Gasteiger partial charge in [-0.3, -0.25) is 4.79 Å². The maximum atomic E-state index is 11.9. The minimum absolute atomic E-state index is 0.0183. The Kier molecular flexibility index (Phi) is 2.93. The lowest BCUT2D eigenvalue weighted by Gasteiger charge is -2.17.